The Hall–Kier alpha value is -3.65. The van der Waals surface area contributed by atoms with Gasteiger partial charge in [-0.3, -0.25) is 9.59 Å². The molecule has 0 bridgehead atoms. The zero-order valence-electron chi connectivity index (χ0n) is 15.9. The van der Waals surface area contributed by atoms with Crippen LogP contribution in [0.3, 0.4) is 0 Å². The highest BCUT2D eigenvalue weighted by molar-refractivity contribution is 7.00. The summed E-state index contributed by atoms with van der Waals surface area (Å²) in [7, 11) is 0. The number of rotatable bonds is 5. The third-order valence-electron chi connectivity index (χ3n) is 5.20. The Morgan fingerprint density at radius 3 is 2.73 bits per heavy atom. The van der Waals surface area contributed by atoms with E-state index in [9.17, 15) is 9.59 Å². The Labute approximate surface area is 176 Å². The van der Waals surface area contributed by atoms with Crippen molar-refractivity contribution in [1.29, 1.82) is 0 Å². The number of aromatic nitrogens is 3. The maximum absolute atomic E-state index is 13.1. The monoisotopic (exact) mass is 415 g/mol. The van der Waals surface area contributed by atoms with Crippen LogP contribution in [0.15, 0.2) is 66.9 Å². The number of benzene rings is 2. The lowest BCUT2D eigenvalue weighted by Crippen LogP contribution is -2.32. The molecule has 0 radical (unpaired) electrons. The Balaban J connectivity index is 1.48. The second-order valence-corrected chi connectivity index (χ2v) is 7.61. The molecule has 1 aliphatic heterocycles. The van der Waals surface area contributed by atoms with Gasteiger partial charge in [-0.1, -0.05) is 30.3 Å². The average molecular weight is 415 g/mol. The second kappa shape index (κ2) is 7.64. The molecule has 0 saturated heterocycles. The first-order valence-corrected chi connectivity index (χ1v) is 10.2. The molecule has 5 rings (SSSR count). The minimum atomic E-state index is -0.431. The summed E-state index contributed by atoms with van der Waals surface area (Å²) in [5, 5.41) is 2.82. The van der Waals surface area contributed by atoms with Crippen molar-refractivity contribution in [2.45, 2.75) is 19.0 Å². The zero-order valence-corrected chi connectivity index (χ0v) is 16.7. The van der Waals surface area contributed by atoms with Gasteiger partial charge in [0.15, 0.2) is 0 Å². The molecular weight excluding hydrogens is 398 g/mol. The van der Waals surface area contributed by atoms with Crippen molar-refractivity contribution in [3.8, 4) is 0 Å². The predicted octanol–water partition coefficient (Wildman–Crippen LogP) is 3.81. The molecule has 2 aromatic heterocycles. The van der Waals surface area contributed by atoms with Crippen LogP contribution in [0.25, 0.3) is 11.0 Å². The van der Waals surface area contributed by atoms with Crippen LogP contribution in [0.1, 0.15) is 33.9 Å². The number of hydrogen-bond donors (Lipinski definition) is 1. The van der Waals surface area contributed by atoms with E-state index in [4.69, 9.17) is 0 Å². The molecule has 1 unspecified atom stereocenters. The number of nitrogens with one attached hydrogen (secondary N) is 1. The van der Waals surface area contributed by atoms with Crippen molar-refractivity contribution in [1.82, 2.24) is 18.6 Å². The van der Waals surface area contributed by atoms with Crippen LogP contribution in [0.4, 0.5) is 5.82 Å². The zero-order chi connectivity index (χ0) is 20.5. The van der Waals surface area contributed by atoms with Crippen LogP contribution in [-0.4, -0.2) is 30.4 Å². The Kier molecular flexibility index (Phi) is 4.68. The summed E-state index contributed by atoms with van der Waals surface area (Å²) in [5.41, 5.74) is 4.07. The Bertz CT molecular complexity index is 1240. The van der Waals surface area contributed by atoms with Gasteiger partial charge in [-0.25, -0.2) is 4.98 Å². The van der Waals surface area contributed by atoms with Crippen LogP contribution in [0, 0.1) is 0 Å². The number of hydrogen-bond acceptors (Lipinski definition) is 6. The van der Waals surface area contributed by atoms with Gasteiger partial charge < -0.3 is 10.2 Å². The number of pyridine rings is 1. The van der Waals surface area contributed by atoms with Crippen LogP contribution >= 0.6 is 11.7 Å². The van der Waals surface area contributed by atoms with E-state index < -0.39 is 6.04 Å². The lowest BCUT2D eigenvalue weighted by Gasteiger charge is -2.28. The van der Waals surface area contributed by atoms with E-state index in [1.807, 2.05) is 48.5 Å². The molecule has 1 N–H and O–H groups in total. The third kappa shape index (κ3) is 3.42. The van der Waals surface area contributed by atoms with E-state index >= 15 is 0 Å². The predicted molar refractivity (Wildman–Crippen MR) is 114 cm³/mol. The highest BCUT2D eigenvalue weighted by atomic mass is 32.1. The fourth-order valence-corrected chi connectivity index (χ4v) is 4.27. The van der Waals surface area contributed by atoms with Gasteiger partial charge in [-0.15, -0.1) is 0 Å². The van der Waals surface area contributed by atoms with Gasteiger partial charge in [0.2, 0.25) is 5.91 Å². The number of carbonyl (C=O) groups is 2. The summed E-state index contributed by atoms with van der Waals surface area (Å²) < 4.78 is 8.55. The van der Waals surface area contributed by atoms with E-state index in [2.05, 4.69) is 19.0 Å². The van der Waals surface area contributed by atoms with Gasteiger partial charge in [0.1, 0.15) is 16.9 Å². The van der Waals surface area contributed by atoms with Crippen molar-refractivity contribution in [3.05, 3.63) is 83.6 Å². The molecular formula is C22H17N5O2S. The normalized spacial score (nSPS) is 14.0. The summed E-state index contributed by atoms with van der Waals surface area (Å²) in [4.78, 5) is 31.9. The molecule has 4 aromatic rings. The number of amides is 2. The molecule has 2 aromatic carbocycles. The standard InChI is InChI=1S/C22H17N5O2S/c28-21(24-20-7-3-4-10-23-20)12-19(14-8-9-17-18(11-14)26-30-25-17)27-13-15-5-1-2-6-16(15)22(27)29/h1-11,19H,12-13H2,(H,23,24,28). The van der Waals surface area contributed by atoms with Gasteiger partial charge in [0.25, 0.3) is 5.91 Å². The first kappa shape index (κ1) is 18.4. The lowest BCUT2D eigenvalue weighted by atomic mass is 10.0. The number of carbonyl (C=O) groups excluding carboxylic acids is 2. The van der Waals surface area contributed by atoms with Crippen molar-refractivity contribution < 1.29 is 9.59 Å². The largest absolute Gasteiger partial charge is 0.327 e. The first-order chi connectivity index (χ1) is 14.7. The van der Waals surface area contributed by atoms with Crippen molar-refractivity contribution in [3.63, 3.8) is 0 Å². The molecule has 30 heavy (non-hydrogen) atoms. The molecule has 8 heteroatoms. The third-order valence-corrected chi connectivity index (χ3v) is 5.76. The fraction of sp³-hybridized carbons (Fsp3) is 0.136. The molecule has 0 aliphatic carbocycles. The van der Waals surface area contributed by atoms with Crippen LogP contribution in [0.5, 0.6) is 0 Å². The van der Waals surface area contributed by atoms with Crippen molar-refractivity contribution >= 4 is 40.4 Å². The Morgan fingerprint density at radius 1 is 1.07 bits per heavy atom. The number of fused-ring (bicyclic) bond motifs is 2. The number of anilines is 1. The molecule has 7 nitrogen and oxygen atoms in total. The first-order valence-electron chi connectivity index (χ1n) is 9.51. The molecule has 0 spiro atoms. The minimum Gasteiger partial charge on any atom is -0.327 e. The van der Waals surface area contributed by atoms with E-state index in [0.717, 1.165) is 33.9 Å². The maximum Gasteiger partial charge on any atom is 0.255 e. The minimum absolute atomic E-state index is 0.0715. The van der Waals surface area contributed by atoms with Gasteiger partial charge in [0.05, 0.1) is 24.2 Å². The summed E-state index contributed by atoms with van der Waals surface area (Å²) in [6, 6.07) is 18.2. The van der Waals surface area contributed by atoms with Crippen molar-refractivity contribution in [2.24, 2.45) is 0 Å². The van der Waals surface area contributed by atoms with Gasteiger partial charge in [0, 0.05) is 18.3 Å². The van der Waals surface area contributed by atoms with Gasteiger partial charge in [-0.05, 0) is 41.5 Å². The summed E-state index contributed by atoms with van der Waals surface area (Å²) >= 11 is 1.14. The highest BCUT2D eigenvalue weighted by Gasteiger charge is 2.34. The quantitative estimate of drug-likeness (QED) is 0.535. The average Bonchev–Trinajstić information content (AvgIpc) is 3.37. The smallest absolute Gasteiger partial charge is 0.255 e. The number of nitrogens with zero attached hydrogens (tertiary/aromatic N) is 4. The Morgan fingerprint density at radius 2 is 1.90 bits per heavy atom. The molecule has 2 amide bonds. The summed E-state index contributed by atoms with van der Waals surface area (Å²) in [6.45, 7) is 0.462. The molecule has 0 saturated carbocycles. The molecule has 3 heterocycles. The van der Waals surface area contributed by atoms with E-state index in [-0.39, 0.29) is 18.2 Å². The van der Waals surface area contributed by atoms with E-state index in [1.54, 1.807) is 23.2 Å². The summed E-state index contributed by atoms with van der Waals surface area (Å²) in [6.07, 6.45) is 1.73. The fourth-order valence-electron chi connectivity index (χ4n) is 3.75. The van der Waals surface area contributed by atoms with Gasteiger partial charge >= 0.3 is 0 Å². The summed E-state index contributed by atoms with van der Waals surface area (Å²) in [5.74, 6) is 0.202. The molecule has 148 valence electrons. The van der Waals surface area contributed by atoms with Gasteiger partial charge in [-0.2, -0.15) is 8.75 Å². The molecule has 0 fully saturated rings. The molecule has 1 atom stereocenters. The lowest BCUT2D eigenvalue weighted by molar-refractivity contribution is -0.117. The van der Waals surface area contributed by atoms with Crippen LogP contribution < -0.4 is 5.32 Å². The SMILES string of the molecule is O=C(CC(c1ccc2nsnc2c1)N1Cc2ccccc2C1=O)Nc1ccccn1. The maximum atomic E-state index is 13.1. The topological polar surface area (TPSA) is 88.1 Å². The van der Waals surface area contributed by atoms with E-state index in [1.165, 1.54) is 0 Å². The van der Waals surface area contributed by atoms with Crippen LogP contribution in [0.2, 0.25) is 0 Å². The highest BCUT2D eigenvalue weighted by Crippen LogP contribution is 2.34. The van der Waals surface area contributed by atoms with Crippen molar-refractivity contribution in [2.75, 3.05) is 5.32 Å². The van der Waals surface area contributed by atoms with E-state index in [0.29, 0.717) is 17.9 Å². The molecule has 1 aliphatic rings. The van der Waals surface area contributed by atoms with Crippen LogP contribution in [-0.2, 0) is 11.3 Å². The second-order valence-electron chi connectivity index (χ2n) is 7.09.